The molecule has 1 atom stereocenters. The lowest BCUT2D eigenvalue weighted by molar-refractivity contribution is -0.147. The van der Waals surface area contributed by atoms with Crippen LogP contribution in [0.1, 0.15) is 39.5 Å². The first-order valence-electron chi connectivity index (χ1n) is 6.27. The van der Waals surface area contributed by atoms with Crippen LogP contribution in [0.25, 0.3) is 0 Å². The van der Waals surface area contributed by atoms with E-state index < -0.39 is 11.9 Å². The van der Waals surface area contributed by atoms with E-state index in [-0.39, 0.29) is 11.3 Å². The number of rotatable bonds is 5. The van der Waals surface area contributed by atoms with E-state index in [0.717, 1.165) is 6.42 Å². The Balaban J connectivity index is 2.43. The molecule has 1 unspecified atom stereocenters. The molecule has 1 N–H and O–H groups in total. The average Bonchev–Trinajstić information content (AvgIpc) is 2.31. The summed E-state index contributed by atoms with van der Waals surface area (Å²) in [5.74, 6) is -1.24. The van der Waals surface area contributed by atoms with Gasteiger partial charge in [0.1, 0.15) is 0 Å². The summed E-state index contributed by atoms with van der Waals surface area (Å²) >= 11 is 0. The molecule has 0 aromatic rings. The van der Waals surface area contributed by atoms with Crippen molar-refractivity contribution < 1.29 is 14.7 Å². The number of aliphatic carboxylic acids is 1. The molecule has 1 aliphatic heterocycles. The molecule has 0 saturated carbocycles. The van der Waals surface area contributed by atoms with E-state index in [1.54, 1.807) is 4.90 Å². The lowest BCUT2D eigenvalue weighted by atomic mass is 9.89. The van der Waals surface area contributed by atoms with Crippen molar-refractivity contribution in [2.75, 3.05) is 13.1 Å². The molecule has 5 nitrogen and oxygen atoms in total. The molecule has 1 rings (SSSR count). The molecule has 0 spiro atoms. The highest BCUT2D eigenvalue weighted by Crippen LogP contribution is 2.23. The van der Waals surface area contributed by atoms with Gasteiger partial charge in [-0.25, -0.2) is 0 Å². The van der Waals surface area contributed by atoms with E-state index in [2.05, 4.69) is 6.07 Å². The van der Waals surface area contributed by atoms with Gasteiger partial charge in [-0.2, -0.15) is 5.26 Å². The molecule has 0 aliphatic carbocycles. The van der Waals surface area contributed by atoms with Gasteiger partial charge >= 0.3 is 5.97 Å². The second-order valence-electron chi connectivity index (χ2n) is 5.51. The van der Waals surface area contributed by atoms with Crippen LogP contribution in [0.5, 0.6) is 0 Å². The van der Waals surface area contributed by atoms with Crippen LogP contribution in [0.15, 0.2) is 0 Å². The van der Waals surface area contributed by atoms with E-state index >= 15 is 0 Å². The van der Waals surface area contributed by atoms with Gasteiger partial charge in [0.25, 0.3) is 0 Å². The smallest absolute Gasteiger partial charge is 0.308 e. The maximum Gasteiger partial charge on any atom is 0.308 e. The molecular formula is C13H20N2O3. The monoisotopic (exact) mass is 252 g/mol. The van der Waals surface area contributed by atoms with Crippen LogP contribution in [0, 0.1) is 22.7 Å². The van der Waals surface area contributed by atoms with E-state index in [9.17, 15) is 9.59 Å². The molecule has 1 saturated heterocycles. The highest BCUT2D eigenvalue weighted by Gasteiger charge is 2.30. The van der Waals surface area contributed by atoms with Crippen molar-refractivity contribution in [3.05, 3.63) is 0 Å². The van der Waals surface area contributed by atoms with Crippen molar-refractivity contribution in [1.82, 2.24) is 4.90 Å². The minimum atomic E-state index is -0.829. The van der Waals surface area contributed by atoms with Crippen molar-refractivity contribution >= 4 is 11.9 Å². The number of hydrogen-bond donors (Lipinski definition) is 1. The number of hydrogen-bond acceptors (Lipinski definition) is 3. The fourth-order valence-corrected chi connectivity index (χ4v) is 2.10. The number of amides is 1. The van der Waals surface area contributed by atoms with Crippen molar-refractivity contribution in [1.29, 1.82) is 5.26 Å². The number of nitrogens with zero attached hydrogens (tertiary/aromatic N) is 2. The number of carboxylic acid groups (broad SMARTS) is 1. The lowest BCUT2D eigenvalue weighted by Gasteiger charge is -2.31. The zero-order valence-electron chi connectivity index (χ0n) is 11.0. The highest BCUT2D eigenvalue weighted by molar-refractivity contribution is 5.80. The number of carbonyl (C=O) groups excluding carboxylic acids is 1. The van der Waals surface area contributed by atoms with Gasteiger partial charge in [-0.3, -0.25) is 9.59 Å². The van der Waals surface area contributed by atoms with Crippen molar-refractivity contribution in [3.63, 3.8) is 0 Å². The van der Waals surface area contributed by atoms with E-state index in [0.29, 0.717) is 32.4 Å². The Morgan fingerprint density at radius 1 is 1.61 bits per heavy atom. The first-order valence-corrected chi connectivity index (χ1v) is 6.27. The third-order valence-electron chi connectivity index (χ3n) is 3.38. The summed E-state index contributed by atoms with van der Waals surface area (Å²) in [6.45, 7) is 4.59. The minimum Gasteiger partial charge on any atom is -0.481 e. The third-order valence-corrected chi connectivity index (χ3v) is 3.38. The van der Waals surface area contributed by atoms with E-state index in [1.807, 2.05) is 13.8 Å². The molecule has 1 fully saturated rings. The van der Waals surface area contributed by atoms with Crippen LogP contribution in [0.4, 0.5) is 0 Å². The Morgan fingerprint density at radius 2 is 2.28 bits per heavy atom. The topological polar surface area (TPSA) is 81.4 Å². The Labute approximate surface area is 107 Å². The Kier molecular flexibility index (Phi) is 4.71. The number of nitriles is 1. The summed E-state index contributed by atoms with van der Waals surface area (Å²) in [6.07, 6.45) is 2.20. The second-order valence-corrected chi connectivity index (χ2v) is 5.51. The third kappa shape index (κ3) is 4.02. The van der Waals surface area contributed by atoms with Crippen LogP contribution in [-0.2, 0) is 9.59 Å². The van der Waals surface area contributed by atoms with Gasteiger partial charge in [0.05, 0.1) is 17.4 Å². The molecule has 0 aromatic heterocycles. The quantitative estimate of drug-likeness (QED) is 0.806. The average molecular weight is 252 g/mol. The zero-order valence-corrected chi connectivity index (χ0v) is 11.0. The fraction of sp³-hybridized carbons (Fsp3) is 0.769. The second kappa shape index (κ2) is 5.85. The van der Waals surface area contributed by atoms with Crippen molar-refractivity contribution in [2.45, 2.75) is 39.5 Å². The normalized spacial score (nSPS) is 20.6. The first kappa shape index (κ1) is 14.5. The van der Waals surface area contributed by atoms with Crippen molar-refractivity contribution in [2.24, 2.45) is 11.3 Å². The van der Waals surface area contributed by atoms with Crippen LogP contribution in [-0.4, -0.2) is 35.0 Å². The zero-order chi connectivity index (χ0) is 13.8. The molecule has 1 heterocycles. The number of likely N-dealkylation sites (tertiary alicyclic amines) is 1. The first-order chi connectivity index (χ1) is 8.35. The van der Waals surface area contributed by atoms with E-state index in [4.69, 9.17) is 10.4 Å². The summed E-state index contributed by atoms with van der Waals surface area (Å²) < 4.78 is 0. The molecule has 0 aromatic carbocycles. The molecule has 18 heavy (non-hydrogen) atoms. The van der Waals surface area contributed by atoms with E-state index in [1.165, 1.54) is 0 Å². The molecule has 0 radical (unpaired) electrons. The molecular weight excluding hydrogens is 232 g/mol. The van der Waals surface area contributed by atoms with Crippen LogP contribution >= 0.6 is 0 Å². The van der Waals surface area contributed by atoms with Crippen LogP contribution in [0.2, 0.25) is 0 Å². The summed E-state index contributed by atoms with van der Waals surface area (Å²) in [6, 6.07) is 2.22. The summed E-state index contributed by atoms with van der Waals surface area (Å²) in [7, 11) is 0. The minimum absolute atomic E-state index is 0.0299. The molecule has 1 amide bonds. The van der Waals surface area contributed by atoms with Gasteiger partial charge in [0.2, 0.25) is 5.91 Å². The number of piperidine rings is 1. The lowest BCUT2D eigenvalue weighted by Crippen LogP contribution is -2.43. The maximum absolute atomic E-state index is 11.7. The Bertz CT molecular complexity index is 371. The predicted molar refractivity (Wildman–Crippen MR) is 65.6 cm³/mol. The Morgan fingerprint density at radius 3 is 2.83 bits per heavy atom. The SMILES string of the molecule is CC(C)(C#N)CCCN1CC(C(=O)O)CCC1=O. The molecule has 5 heteroatoms. The van der Waals surface area contributed by atoms with Gasteiger partial charge in [-0.15, -0.1) is 0 Å². The van der Waals surface area contributed by atoms with Gasteiger partial charge in [0, 0.05) is 19.5 Å². The standard InChI is InChI=1S/C13H20N2O3/c1-13(2,9-14)6-3-7-15-8-10(12(17)18)4-5-11(15)16/h10H,3-8H2,1-2H3,(H,17,18). The largest absolute Gasteiger partial charge is 0.481 e. The summed E-state index contributed by atoms with van der Waals surface area (Å²) in [5.41, 5.74) is -0.384. The Hall–Kier alpha value is -1.57. The van der Waals surface area contributed by atoms with Gasteiger partial charge in [-0.05, 0) is 33.1 Å². The summed E-state index contributed by atoms with van der Waals surface area (Å²) in [4.78, 5) is 24.2. The number of carboxylic acids is 1. The van der Waals surface area contributed by atoms with Crippen LogP contribution in [0.3, 0.4) is 0 Å². The van der Waals surface area contributed by atoms with Crippen LogP contribution < -0.4 is 0 Å². The maximum atomic E-state index is 11.7. The molecule has 1 aliphatic rings. The predicted octanol–water partition coefficient (Wildman–Crippen LogP) is 1.64. The van der Waals surface area contributed by atoms with Gasteiger partial charge in [-0.1, -0.05) is 0 Å². The summed E-state index contributed by atoms with van der Waals surface area (Å²) in [5, 5.41) is 17.8. The molecule has 100 valence electrons. The van der Waals surface area contributed by atoms with Crippen molar-refractivity contribution in [3.8, 4) is 6.07 Å². The van der Waals surface area contributed by atoms with Gasteiger partial charge < -0.3 is 10.0 Å². The molecule has 0 bridgehead atoms. The highest BCUT2D eigenvalue weighted by atomic mass is 16.4. The fourth-order valence-electron chi connectivity index (χ4n) is 2.10. The van der Waals surface area contributed by atoms with Gasteiger partial charge in [0.15, 0.2) is 0 Å². The number of carbonyl (C=O) groups is 2.